The van der Waals surface area contributed by atoms with Crippen LogP contribution in [-0.4, -0.2) is 35.9 Å². The number of rotatable bonds is 4. The highest BCUT2D eigenvalue weighted by Crippen LogP contribution is 2.23. The molecule has 24 heavy (non-hydrogen) atoms. The molecule has 0 unspecified atom stereocenters. The standard InChI is InChI=1S/C16H16F3NO4/c1-10(2)13-9-23-15(22)20(13)14(21)8-5-11-3-6-12(7-4-11)24-16(17,18)19/h3-8,10,13H,9H2,1-2H3/b8-5+/t13-/m1/s1. The van der Waals surface area contributed by atoms with E-state index in [1.54, 1.807) is 0 Å². The first kappa shape index (κ1) is 17.8. The highest BCUT2D eigenvalue weighted by Gasteiger charge is 2.38. The molecule has 0 aromatic heterocycles. The molecular formula is C16H16F3NO4. The molecule has 2 amide bonds. The molecule has 1 aliphatic rings. The lowest BCUT2D eigenvalue weighted by atomic mass is 10.0. The predicted molar refractivity (Wildman–Crippen MR) is 79.0 cm³/mol. The highest BCUT2D eigenvalue weighted by atomic mass is 19.4. The summed E-state index contributed by atoms with van der Waals surface area (Å²) in [5.41, 5.74) is 0.492. The largest absolute Gasteiger partial charge is 0.573 e. The zero-order chi connectivity index (χ0) is 17.9. The summed E-state index contributed by atoms with van der Waals surface area (Å²) in [6.07, 6.45) is -2.86. The first-order valence-electron chi connectivity index (χ1n) is 7.21. The van der Waals surface area contributed by atoms with E-state index in [4.69, 9.17) is 4.74 Å². The van der Waals surface area contributed by atoms with Crippen molar-refractivity contribution >= 4 is 18.1 Å². The summed E-state index contributed by atoms with van der Waals surface area (Å²) in [5.74, 6) is -0.839. The highest BCUT2D eigenvalue weighted by molar-refractivity contribution is 6.02. The lowest BCUT2D eigenvalue weighted by Crippen LogP contribution is -2.40. The monoisotopic (exact) mass is 343 g/mol. The third-order valence-corrected chi connectivity index (χ3v) is 3.44. The number of nitrogens with zero attached hydrogens (tertiary/aromatic N) is 1. The Morgan fingerprint density at radius 1 is 1.33 bits per heavy atom. The number of benzene rings is 1. The molecule has 1 aromatic rings. The third-order valence-electron chi connectivity index (χ3n) is 3.44. The SMILES string of the molecule is CC(C)[C@H]1COC(=O)N1C(=O)/C=C/c1ccc(OC(F)(F)F)cc1. The van der Waals surface area contributed by atoms with Crippen LogP contribution in [0.15, 0.2) is 30.3 Å². The molecule has 0 radical (unpaired) electrons. The number of carbonyl (C=O) groups excluding carboxylic acids is 2. The van der Waals surface area contributed by atoms with E-state index in [1.165, 1.54) is 24.3 Å². The fourth-order valence-electron chi connectivity index (χ4n) is 2.21. The predicted octanol–water partition coefficient (Wildman–Crippen LogP) is 3.60. The molecule has 0 saturated carbocycles. The van der Waals surface area contributed by atoms with Crippen LogP contribution in [0.2, 0.25) is 0 Å². The summed E-state index contributed by atoms with van der Waals surface area (Å²) in [4.78, 5) is 24.9. The molecule has 0 spiro atoms. The number of hydrogen-bond donors (Lipinski definition) is 0. The van der Waals surface area contributed by atoms with Gasteiger partial charge in [-0.25, -0.2) is 9.69 Å². The van der Waals surface area contributed by atoms with E-state index < -0.39 is 18.4 Å². The van der Waals surface area contributed by atoms with E-state index in [-0.39, 0.29) is 24.3 Å². The molecule has 0 N–H and O–H groups in total. The van der Waals surface area contributed by atoms with Gasteiger partial charge in [-0.2, -0.15) is 0 Å². The number of amides is 2. The van der Waals surface area contributed by atoms with Gasteiger partial charge in [0.25, 0.3) is 5.91 Å². The minimum absolute atomic E-state index is 0.0487. The van der Waals surface area contributed by atoms with Crippen LogP contribution in [0.3, 0.4) is 0 Å². The van der Waals surface area contributed by atoms with Crippen LogP contribution in [0.4, 0.5) is 18.0 Å². The van der Waals surface area contributed by atoms with Gasteiger partial charge in [-0.15, -0.1) is 13.2 Å². The quantitative estimate of drug-likeness (QED) is 0.784. The normalized spacial score (nSPS) is 18.3. The number of imide groups is 1. The Morgan fingerprint density at radius 3 is 2.50 bits per heavy atom. The molecule has 130 valence electrons. The fraction of sp³-hybridized carbons (Fsp3) is 0.375. The molecule has 5 nitrogen and oxygen atoms in total. The Balaban J connectivity index is 2.04. The van der Waals surface area contributed by atoms with Gasteiger partial charge in [-0.05, 0) is 29.7 Å². The fourth-order valence-corrected chi connectivity index (χ4v) is 2.21. The Kier molecular flexibility index (Phi) is 5.16. The second-order valence-corrected chi connectivity index (χ2v) is 5.55. The van der Waals surface area contributed by atoms with Crippen molar-refractivity contribution in [3.63, 3.8) is 0 Å². The summed E-state index contributed by atoms with van der Waals surface area (Å²) in [7, 11) is 0. The van der Waals surface area contributed by atoms with Gasteiger partial charge < -0.3 is 9.47 Å². The zero-order valence-electron chi connectivity index (χ0n) is 13.0. The second-order valence-electron chi connectivity index (χ2n) is 5.55. The van der Waals surface area contributed by atoms with E-state index in [1.807, 2.05) is 13.8 Å². The molecule has 2 rings (SSSR count). The van der Waals surface area contributed by atoms with Gasteiger partial charge in [0.15, 0.2) is 0 Å². The van der Waals surface area contributed by atoms with Crippen molar-refractivity contribution in [3.05, 3.63) is 35.9 Å². The average Bonchev–Trinajstić information content (AvgIpc) is 2.87. The average molecular weight is 343 g/mol. The number of halogens is 3. The third kappa shape index (κ3) is 4.50. The van der Waals surface area contributed by atoms with E-state index in [0.29, 0.717) is 5.56 Å². The second kappa shape index (κ2) is 6.94. The molecule has 8 heteroatoms. The molecular weight excluding hydrogens is 327 g/mol. The minimum Gasteiger partial charge on any atom is -0.447 e. The number of ether oxygens (including phenoxy) is 2. The first-order valence-corrected chi connectivity index (χ1v) is 7.21. The molecule has 1 fully saturated rings. The zero-order valence-corrected chi connectivity index (χ0v) is 13.0. The van der Waals surface area contributed by atoms with Crippen LogP contribution >= 0.6 is 0 Å². The summed E-state index contributed by atoms with van der Waals surface area (Å²) in [6, 6.07) is 4.68. The summed E-state index contributed by atoms with van der Waals surface area (Å²) >= 11 is 0. The van der Waals surface area contributed by atoms with Crippen molar-refractivity contribution in [2.24, 2.45) is 5.92 Å². The molecule has 1 atom stereocenters. The maximum absolute atomic E-state index is 12.2. The maximum Gasteiger partial charge on any atom is 0.573 e. The summed E-state index contributed by atoms with van der Waals surface area (Å²) in [6.45, 7) is 3.89. The lowest BCUT2D eigenvalue weighted by molar-refractivity contribution is -0.274. The van der Waals surface area contributed by atoms with Crippen molar-refractivity contribution in [1.29, 1.82) is 0 Å². The maximum atomic E-state index is 12.2. The van der Waals surface area contributed by atoms with Crippen molar-refractivity contribution in [1.82, 2.24) is 4.90 Å². The summed E-state index contributed by atoms with van der Waals surface area (Å²) in [5, 5.41) is 0. The van der Waals surface area contributed by atoms with Crippen molar-refractivity contribution in [2.75, 3.05) is 6.61 Å². The van der Waals surface area contributed by atoms with E-state index in [9.17, 15) is 22.8 Å². The van der Waals surface area contributed by atoms with E-state index in [2.05, 4.69) is 4.74 Å². The lowest BCUT2D eigenvalue weighted by Gasteiger charge is -2.20. The summed E-state index contributed by atoms with van der Waals surface area (Å²) < 4.78 is 44.9. The molecule has 0 bridgehead atoms. The van der Waals surface area contributed by atoms with Gasteiger partial charge >= 0.3 is 12.5 Å². The Hall–Kier alpha value is -2.51. The number of carbonyl (C=O) groups is 2. The van der Waals surface area contributed by atoms with Crippen molar-refractivity contribution in [2.45, 2.75) is 26.3 Å². The van der Waals surface area contributed by atoms with Crippen LogP contribution in [0.5, 0.6) is 5.75 Å². The minimum atomic E-state index is -4.75. The molecule has 1 aromatic carbocycles. The van der Waals surface area contributed by atoms with Crippen LogP contribution in [0.25, 0.3) is 6.08 Å². The van der Waals surface area contributed by atoms with E-state index in [0.717, 1.165) is 17.0 Å². The number of alkyl halides is 3. The Bertz CT molecular complexity index is 638. The number of cyclic esters (lactones) is 1. The first-order chi connectivity index (χ1) is 11.2. The molecule has 1 aliphatic heterocycles. The van der Waals surface area contributed by atoms with Gasteiger partial charge in [0.05, 0.1) is 6.04 Å². The smallest absolute Gasteiger partial charge is 0.447 e. The van der Waals surface area contributed by atoms with Crippen molar-refractivity contribution < 1.29 is 32.2 Å². The van der Waals surface area contributed by atoms with Crippen LogP contribution in [0, 0.1) is 5.92 Å². The molecule has 0 aliphatic carbocycles. The molecule has 1 heterocycles. The van der Waals surface area contributed by atoms with E-state index >= 15 is 0 Å². The Morgan fingerprint density at radius 2 is 1.96 bits per heavy atom. The Labute approximate surface area is 136 Å². The van der Waals surface area contributed by atoms with Crippen molar-refractivity contribution in [3.8, 4) is 5.75 Å². The number of hydrogen-bond acceptors (Lipinski definition) is 4. The topological polar surface area (TPSA) is 55.8 Å². The van der Waals surface area contributed by atoms with Crippen LogP contribution in [-0.2, 0) is 9.53 Å². The van der Waals surface area contributed by atoms with Gasteiger partial charge in [0.2, 0.25) is 0 Å². The van der Waals surface area contributed by atoms with Gasteiger partial charge in [-0.3, -0.25) is 4.79 Å². The van der Waals surface area contributed by atoms with Crippen LogP contribution < -0.4 is 4.74 Å². The van der Waals surface area contributed by atoms with Gasteiger partial charge in [0, 0.05) is 6.08 Å². The van der Waals surface area contributed by atoms with Gasteiger partial charge in [-0.1, -0.05) is 26.0 Å². The molecule has 1 saturated heterocycles. The van der Waals surface area contributed by atoms with Gasteiger partial charge in [0.1, 0.15) is 12.4 Å². The van der Waals surface area contributed by atoms with Crippen LogP contribution in [0.1, 0.15) is 19.4 Å².